The highest BCUT2D eigenvalue weighted by Crippen LogP contribution is 2.43. The van der Waals surface area contributed by atoms with Crippen LogP contribution in [0.2, 0.25) is 0 Å². The second-order valence-corrected chi connectivity index (χ2v) is 9.93. The quantitative estimate of drug-likeness (QED) is 0.377. The lowest BCUT2D eigenvalue weighted by Gasteiger charge is -2.31. The van der Waals surface area contributed by atoms with Crippen LogP contribution < -0.4 is 20.7 Å². The lowest BCUT2D eigenvalue weighted by molar-refractivity contribution is -0.140. The molecule has 3 heterocycles. The summed E-state index contributed by atoms with van der Waals surface area (Å²) in [4.78, 5) is 27.1. The van der Waals surface area contributed by atoms with E-state index in [0.717, 1.165) is 12.1 Å². The number of hydrogen-bond acceptors (Lipinski definition) is 8. The van der Waals surface area contributed by atoms with Crippen molar-refractivity contribution >= 4 is 45.0 Å². The predicted molar refractivity (Wildman–Crippen MR) is 139 cm³/mol. The standard InChI is InChI=1S/C24H24BrClF4N6O3/c1-32-22(37)20(31)18(26)15-9-36(7-3-6-33-15)21-11-10-39-16(8-14(11)34-23(35-21)38-2)17-12(24(28,29)30)4-5-13(25)19(17)27/h4-5,16H,3,6-10,31H2,1-2H3,(H,32,37)/b20-18+. The van der Waals surface area contributed by atoms with E-state index in [9.17, 15) is 18.0 Å². The van der Waals surface area contributed by atoms with Gasteiger partial charge in [-0.1, -0.05) is 11.6 Å². The van der Waals surface area contributed by atoms with Crippen molar-refractivity contribution < 1.29 is 31.8 Å². The fourth-order valence-corrected chi connectivity index (χ4v) is 4.94. The molecule has 2 aromatic rings. The SMILES string of the molecule is CNC(=O)/C(N)=C(\Cl)C1=NCCCN(c2nc(OC)nc3c2COC(c2c(C(F)(F)F)ccc(Br)c2F)C3)C1. The number of hydrogen-bond donors (Lipinski definition) is 2. The molecule has 0 saturated heterocycles. The molecule has 0 spiro atoms. The molecule has 1 aromatic carbocycles. The minimum atomic E-state index is -4.79. The number of aromatic nitrogens is 2. The summed E-state index contributed by atoms with van der Waals surface area (Å²) < 4.78 is 67.3. The van der Waals surface area contributed by atoms with Gasteiger partial charge in [-0.2, -0.15) is 23.1 Å². The molecule has 210 valence electrons. The minimum absolute atomic E-state index is 0.00253. The van der Waals surface area contributed by atoms with Crippen molar-refractivity contribution in [2.75, 3.05) is 38.7 Å². The highest BCUT2D eigenvalue weighted by Gasteiger charge is 2.40. The van der Waals surface area contributed by atoms with Gasteiger partial charge in [-0.25, -0.2) is 4.39 Å². The van der Waals surface area contributed by atoms with Gasteiger partial charge in [0.2, 0.25) is 0 Å². The van der Waals surface area contributed by atoms with E-state index in [1.165, 1.54) is 14.2 Å². The molecule has 0 fully saturated rings. The first-order valence-corrected chi connectivity index (χ1v) is 12.9. The fraction of sp³-hybridized carbons (Fsp3) is 0.417. The molecule has 0 bridgehead atoms. The number of fused-ring (bicyclic) bond motifs is 1. The molecule has 1 amide bonds. The number of rotatable bonds is 5. The van der Waals surface area contributed by atoms with Crippen molar-refractivity contribution in [3.8, 4) is 6.01 Å². The Kier molecular flexibility index (Phi) is 8.66. The average Bonchev–Trinajstić information content (AvgIpc) is 3.17. The van der Waals surface area contributed by atoms with E-state index in [2.05, 4.69) is 36.2 Å². The summed E-state index contributed by atoms with van der Waals surface area (Å²) in [5, 5.41) is 2.41. The average molecular weight is 636 g/mol. The third-order valence-electron chi connectivity index (χ3n) is 6.29. The van der Waals surface area contributed by atoms with Crippen molar-refractivity contribution in [1.29, 1.82) is 0 Å². The van der Waals surface area contributed by atoms with Crippen LogP contribution in [0.1, 0.15) is 34.9 Å². The summed E-state index contributed by atoms with van der Waals surface area (Å²) >= 11 is 9.37. The van der Waals surface area contributed by atoms with Crippen molar-refractivity contribution in [2.45, 2.75) is 31.7 Å². The summed E-state index contributed by atoms with van der Waals surface area (Å²) in [5.74, 6) is -1.21. The highest BCUT2D eigenvalue weighted by atomic mass is 79.9. The zero-order valence-electron chi connectivity index (χ0n) is 20.8. The van der Waals surface area contributed by atoms with Crippen LogP contribution in [0.25, 0.3) is 0 Å². The maximum absolute atomic E-state index is 15.0. The Morgan fingerprint density at radius 3 is 2.74 bits per heavy atom. The first kappa shape index (κ1) is 29.0. The fourth-order valence-electron chi connectivity index (χ4n) is 4.39. The topological polar surface area (TPSA) is 115 Å². The molecule has 15 heteroatoms. The normalized spacial score (nSPS) is 18.5. The van der Waals surface area contributed by atoms with E-state index in [0.29, 0.717) is 42.3 Å². The molecule has 1 unspecified atom stereocenters. The van der Waals surface area contributed by atoms with E-state index in [4.69, 9.17) is 26.8 Å². The maximum Gasteiger partial charge on any atom is 0.416 e. The van der Waals surface area contributed by atoms with Crippen LogP contribution in [0.15, 0.2) is 32.3 Å². The van der Waals surface area contributed by atoms with E-state index >= 15 is 4.39 Å². The van der Waals surface area contributed by atoms with Gasteiger partial charge in [0.25, 0.3) is 5.91 Å². The third-order valence-corrected chi connectivity index (χ3v) is 7.33. The van der Waals surface area contributed by atoms with Gasteiger partial charge >= 0.3 is 12.2 Å². The van der Waals surface area contributed by atoms with Crippen LogP contribution in [0.5, 0.6) is 6.01 Å². The number of anilines is 1. The molecule has 9 nitrogen and oxygen atoms in total. The van der Waals surface area contributed by atoms with Crippen LogP contribution in [-0.4, -0.2) is 55.4 Å². The second kappa shape index (κ2) is 11.6. The van der Waals surface area contributed by atoms with Crippen LogP contribution in [0.4, 0.5) is 23.4 Å². The number of amides is 1. The molecule has 1 aromatic heterocycles. The Bertz CT molecular complexity index is 1350. The molecule has 2 aliphatic rings. The molecule has 1 atom stereocenters. The van der Waals surface area contributed by atoms with Gasteiger partial charge in [0.1, 0.15) is 17.3 Å². The summed E-state index contributed by atoms with van der Waals surface area (Å²) in [6, 6.07) is 1.80. The Morgan fingerprint density at radius 1 is 1.33 bits per heavy atom. The number of ether oxygens (including phenoxy) is 2. The third kappa shape index (κ3) is 5.97. The van der Waals surface area contributed by atoms with Crippen molar-refractivity contribution in [1.82, 2.24) is 15.3 Å². The van der Waals surface area contributed by atoms with Crippen LogP contribution in [0, 0.1) is 5.82 Å². The number of nitrogens with one attached hydrogen (secondary N) is 1. The summed E-state index contributed by atoms with van der Waals surface area (Å²) in [6.45, 7) is 0.834. The number of alkyl halides is 3. The predicted octanol–water partition coefficient (Wildman–Crippen LogP) is 4.03. The number of carbonyl (C=O) groups excluding carboxylic acids is 1. The van der Waals surface area contributed by atoms with Gasteiger partial charge in [-0.3, -0.25) is 9.79 Å². The summed E-state index contributed by atoms with van der Waals surface area (Å²) in [5.41, 5.74) is 5.20. The van der Waals surface area contributed by atoms with Gasteiger partial charge < -0.3 is 25.4 Å². The number of benzene rings is 1. The first-order chi connectivity index (χ1) is 18.5. The van der Waals surface area contributed by atoms with Gasteiger partial charge in [0.05, 0.1) is 52.8 Å². The second-order valence-electron chi connectivity index (χ2n) is 8.69. The molecule has 4 rings (SSSR count). The number of carbonyl (C=O) groups is 1. The number of methoxy groups -OCH3 is 1. The van der Waals surface area contributed by atoms with Crippen LogP contribution in [-0.2, 0) is 28.7 Å². The van der Waals surface area contributed by atoms with Crippen LogP contribution >= 0.6 is 27.5 Å². The molecular formula is C24H24BrClF4N6O3. The molecule has 2 aliphatic heterocycles. The maximum atomic E-state index is 15.0. The van der Waals surface area contributed by atoms with Crippen molar-refractivity contribution in [2.24, 2.45) is 10.7 Å². The zero-order chi connectivity index (χ0) is 28.5. The molecule has 0 radical (unpaired) electrons. The Morgan fingerprint density at radius 2 is 2.08 bits per heavy atom. The monoisotopic (exact) mass is 634 g/mol. The number of likely N-dealkylation sites (N-methyl/N-ethyl adjacent to an activating group) is 1. The van der Waals surface area contributed by atoms with E-state index < -0.39 is 35.1 Å². The molecular weight excluding hydrogens is 612 g/mol. The first-order valence-electron chi connectivity index (χ1n) is 11.7. The van der Waals surface area contributed by atoms with E-state index in [1.807, 2.05) is 4.90 Å². The van der Waals surface area contributed by atoms with E-state index in [-0.39, 0.29) is 40.8 Å². The largest absolute Gasteiger partial charge is 0.467 e. The molecule has 3 N–H and O–H groups in total. The minimum Gasteiger partial charge on any atom is -0.467 e. The number of nitrogens with zero attached hydrogens (tertiary/aromatic N) is 4. The van der Waals surface area contributed by atoms with Gasteiger partial charge in [-0.05, 0) is 34.5 Å². The number of nitrogens with two attached hydrogens (primary N) is 1. The Hall–Kier alpha value is -2.97. The number of halogens is 6. The van der Waals surface area contributed by atoms with Gasteiger partial charge in [0.15, 0.2) is 0 Å². The van der Waals surface area contributed by atoms with Crippen LogP contribution in [0.3, 0.4) is 0 Å². The lowest BCUT2D eigenvalue weighted by atomic mass is 9.94. The Labute approximate surface area is 234 Å². The zero-order valence-corrected chi connectivity index (χ0v) is 23.2. The molecule has 0 saturated carbocycles. The number of aliphatic imine (C=N–C) groups is 1. The Balaban J connectivity index is 1.73. The molecule has 0 aliphatic carbocycles. The van der Waals surface area contributed by atoms with E-state index in [1.54, 1.807) is 0 Å². The van der Waals surface area contributed by atoms with Crippen molar-refractivity contribution in [3.05, 3.63) is 55.5 Å². The summed E-state index contributed by atoms with van der Waals surface area (Å²) in [7, 11) is 2.78. The highest BCUT2D eigenvalue weighted by molar-refractivity contribution is 9.10. The van der Waals surface area contributed by atoms with Gasteiger partial charge in [-0.15, -0.1) is 0 Å². The summed E-state index contributed by atoms with van der Waals surface area (Å²) in [6.07, 6.45) is -5.60. The smallest absolute Gasteiger partial charge is 0.416 e. The van der Waals surface area contributed by atoms with Gasteiger partial charge in [0, 0.05) is 37.7 Å². The lowest BCUT2D eigenvalue weighted by Crippen LogP contribution is -2.34. The molecule has 39 heavy (non-hydrogen) atoms. The van der Waals surface area contributed by atoms with Crippen molar-refractivity contribution in [3.63, 3.8) is 0 Å².